The molecule has 1 unspecified atom stereocenters. The number of aromatic nitrogens is 3. The number of hydrogen-bond donors (Lipinski definition) is 2. The Hall–Kier alpha value is -2.12. The van der Waals surface area contributed by atoms with Gasteiger partial charge in [-0.15, -0.1) is 5.10 Å². The number of halogens is 1. The second-order valence-electron chi connectivity index (χ2n) is 6.39. The van der Waals surface area contributed by atoms with Crippen LogP contribution in [0.4, 0.5) is 10.6 Å². The Bertz CT molecular complexity index is 740. The van der Waals surface area contributed by atoms with Crippen LogP contribution >= 0.6 is 11.6 Å². The number of amides is 2. The van der Waals surface area contributed by atoms with Gasteiger partial charge in [0.15, 0.2) is 11.6 Å². The number of anilines is 1. The van der Waals surface area contributed by atoms with Gasteiger partial charge in [-0.3, -0.25) is 5.32 Å². The molecule has 0 aromatic carbocycles. The third-order valence-electron chi connectivity index (χ3n) is 4.11. The average Bonchev–Trinajstić information content (AvgIpc) is 3.16. The lowest BCUT2D eigenvalue weighted by atomic mass is 9.97. The SMILES string of the molecule is CC(C)(O)C1CCCN1C(=O)Nc1ccn(-c2ncccc2Cl)n1. The van der Waals surface area contributed by atoms with E-state index in [-0.39, 0.29) is 12.1 Å². The first-order valence-corrected chi connectivity index (χ1v) is 8.20. The normalized spacial score (nSPS) is 18.0. The standard InChI is InChI=1S/C16H20ClN5O2/c1-16(2,24)12-6-4-9-21(12)15(23)19-13-7-10-22(20-13)14-11(17)5-3-8-18-14/h3,5,7-8,10,12,24H,4,6,9H2,1-2H3,(H,19,20,23). The van der Waals surface area contributed by atoms with Gasteiger partial charge in [0.25, 0.3) is 0 Å². The zero-order chi connectivity index (χ0) is 17.3. The van der Waals surface area contributed by atoms with Crippen LogP contribution in [0.3, 0.4) is 0 Å². The number of aliphatic hydroxyl groups is 1. The van der Waals surface area contributed by atoms with E-state index in [1.165, 1.54) is 4.68 Å². The number of carbonyl (C=O) groups excluding carboxylic acids is 1. The molecule has 7 nitrogen and oxygen atoms in total. The number of urea groups is 1. The summed E-state index contributed by atoms with van der Waals surface area (Å²) in [4.78, 5) is 18.3. The Labute approximate surface area is 145 Å². The summed E-state index contributed by atoms with van der Waals surface area (Å²) in [5, 5.41) is 17.8. The predicted octanol–water partition coefficient (Wildman–Crippen LogP) is 2.69. The average molecular weight is 350 g/mol. The van der Waals surface area contributed by atoms with E-state index in [0.29, 0.717) is 23.2 Å². The lowest BCUT2D eigenvalue weighted by Crippen LogP contribution is -2.49. The lowest BCUT2D eigenvalue weighted by molar-refractivity contribution is 0.0117. The molecule has 24 heavy (non-hydrogen) atoms. The summed E-state index contributed by atoms with van der Waals surface area (Å²) >= 11 is 6.10. The number of likely N-dealkylation sites (tertiary alicyclic amines) is 1. The highest BCUT2D eigenvalue weighted by Crippen LogP contribution is 2.27. The highest BCUT2D eigenvalue weighted by Gasteiger charge is 2.38. The van der Waals surface area contributed by atoms with Crippen LogP contribution in [0, 0.1) is 0 Å². The van der Waals surface area contributed by atoms with E-state index in [1.807, 2.05) is 0 Å². The maximum atomic E-state index is 12.5. The van der Waals surface area contributed by atoms with Crippen LogP contribution in [0.25, 0.3) is 5.82 Å². The van der Waals surface area contributed by atoms with Crippen molar-refractivity contribution in [3.63, 3.8) is 0 Å². The van der Waals surface area contributed by atoms with Crippen LogP contribution in [0.5, 0.6) is 0 Å². The third-order valence-corrected chi connectivity index (χ3v) is 4.40. The molecule has 2 aromatic heterocycles. The summed E-state index contributed by atoms with van der Waals surface area (Å²) in [6, 6.07) is 4.67. The van der Waals surface area contributed by atoms with E-state index in [0.717, 1.165) is 12.8 Å². The highest BCUT2D eigenvalue weighted by atomic mass is 35.5. The Morgan fingerprint density at radius 3 is 2.96 bits per heavy atom. The van der Waals surface area contributed by atoms with Gasteiger partial charge in [-0.2, -0.15) is 0 Å². The molecule has 0 aliphatic carbocycles. The molecule has 3 heterocycles. The van der Waals surface area contributed by atoms with Crippen molar-refractivity contribution in [3.8, 4) is 5.82 Å². The molecule has 0 radical (unpaired) electrons. The molecular weight excluding hydrogens is 330 g/mol. The number of carbonyl (C=O) groups is 1. The Morgan fingerprint density at radius 2 is 2.25 bits per heavy atom. The molecule has 0 spiro atoms. The minimum absolute atomic E-state index is 0.204. The largest absolute Gasteiger partial charge is 0.388 e. The number of hydrogen-bond acceptors (Lipinski definition) is 4. The molecule has 8 heteroatoms. The quantitative estimate of drug-likeness (QED) is 0.892. The molecular formula is C16H20ClN5O2. The molecule has 128 valence electrons. The van der Waals surface area contributed by atoms with Crippen molar-refractivity contribution in [2.45, 2.75) is 38.3 Å². The number of pyridine rings is 1. The van der Waals surface area contributed by atoms with Gasteiger partial charge >= 0.3 is 6.03 Å². The number of nitrogens with zero attached hydrogens (tertiary/aromatic N) is 4. The van der Waals surface area contributed by atoms with Gasteiger partial charge in [0.05, 0.1) is 16.7 Å². The molecule has 0 bridgehead atoms. The summed E-state index contributed by atoms with van der Waals surface area (Å²) in [6.07, 6.45) is 4.97. The van der Waals surface area contributed by atoms with E-state index in [9.17, 15) is 9.90 Å². The van der Waals surface area contributed by atoms with E-state index in [2.05, 4.69) is 15.4 Å². The summed E-state index contributed by atoms with van der Waals surface area (Å²) in [5.74, 6) is 0.901. The lowest BCUT2D eigenvalue weighted by Gasteiger charge is -2.33. The molecule has 2 N–H and O–H groups in total. The van der Waals surface area contributed by atoms with Gasteiger partial charge in [0.1, 0.15) is 0 Å². The van der Waals surface area contributed by atoms with E-state index < -0.39 is 5.60 Å². The van der Waals surface area contributed by atoms with Gasteiger partial charge in [0, 0.05) is 25.0 Å². The molecule has 1 fully saturated rings. The third kappa shape index (κ3) is 3.37. The van der Waals surface area contributed by atoms with Crippen molar-refractivity contribution in [1.82, 2.24) is 19.7 Å². The fourth-order valence-electron chi connectivity index (χ4n) is 2.98. The molecule has 0 saturated carbocycles. The Balaban J connectivity index is 1.73. The maximum absolute atomic E-state index is 12.5. The van der Waals surface area contributed by atoms with Crippen molar-refractivity contribution in [2.24, 2.45) is 0 Å². The highest BCUT2D eigenvalue weighted by molar-refractivity contribution is 6.32. The molecule has 1 atom stereocenters. The summed E-state index contributed by atoms with van der Waals surface area (Å²) in [6.45, 7) is 4.06. The fourth-order valence-corrected chi connectivity index (χ4v) is 3.19. The van der Waals surface area contributed by atoms with Gasteiger partial charge in [-0.05, 0) is 38.8 Å². The van der Waals surface area contributed by atoms with E-state index >= 15 is 0 Å². The number of rotatable bonds is 3. The second kappa shape index (κ2) is 6.41. The fraction of sp³-hybridized carbons (Fsp3) is 0.438. The molecule has 1 aliphatic heterocycles. The summed E-state index contributed by atoms with van der Waals surface area (Å²) in [5.41, 5.74) is -0.936. The first-order chi connectivity index (χ1) is 11.4. The van der Waals surface area contributed by atoms with E-state index in [4.69, 9.17) is 11.6 Å². The van der Waals surface area contributed by atoms with Crippen LogP contribution in [0.2, 0.25) is 5.02 Å². The van der Waals surface area contributed by atoms with Crippen LogP contribution in [-0.4, -0.2) is 49.0 Å². The minimum Gasteiger partial charge on any atom is -0.388 e. The summed E-state index contributed by atoms with van der Waals surface area (Å²) in [7, 11) is 0. The Morgan fingerprint density at radius 1 is 1.46 bits per heavy atom. The summed E-state index contributed by atoms with van der Waals surface area (Å²) < 4.78 is 1.51. The van der Waals surface area contributed by atoms with Gasteiger partial charge in [-0.1, -0.05) is 11.6 Å². The molecule has 2 aromatic rings. The zero-order valence-corrected chi connectivity index (χ0v) is 14.4. The molecule has 2 amide bonds. The van der Waals surface area contributed by atoms with Crippen molar-refractivity contribution < 1.29 is 9.90 Å². The second-order valence-corrected chi connectivity index (χ2v) is 6.80. The van der Waals surface area contributed by atoms with Crippen LogP contribution in [0.1, 0.15) is 26.7 Å². The first kappa shape index (κ1) is 16.7. The Kier molecular flexibility index (Phi) is 4.47. The first-order valence-electron chi connectivity index (χ1n) is 7.83. The number of nitrogens with one attached hydrogen (secondary N) is 1. The van der Waals surface area contributed by atoms with Gasteiger partial charge in [-0.25, -0.2) is 14.5 Å². The predicted molar refractivity (Wildman–Crippen MR) is 91.4 cm³/mol. The smallest absolute Gasteiger partial charge is 0.323 e. The van der Waals surface area contributed by atoms with E-state index in [1.54, 1.807) is 49.3 Å². The monoisotopic (exact) mass is 349 g/mol. The van der Waals surface area contributed by atoms with Crippen molar-refractivity contribution in [3.05, 3.63) is 35.6 Å². The van der Waals surface area contributed by atoms with Crippen LogP contribution in [0.15, 0.2) is 30.6 Å². The molecule has 1 aliphatic rings. The molecule has 3 rings (SSSR count). The topological polar surface area (TPSA) is 83.3 Å². The zero-order valence-electron chi connectivity index (χ0n) is 13.6. The van der Waals surface area contributed by atoms with Crippen LogP contribution < -0.4 is 5.32 Å². The van der Waals surface area contributed by atoms with Crippen LogP contribution in [-0.2, 0) is 0 Å². The van der Waals surface area contributed by atoms with Gasteiger partial charge in [0.2, 0.25) is 0 Å². The van der Waals surface area contributed by atoms with Crippen molar-refractivity contribution in [1.29, 1.82) is 0 Å². The molecule has 1 saturated heterocycles. The van der Waals surface area contributed by atoms with Crippen molar-refractivity contribution in [2.75, 3.05) is 11.9 Å². The minimum atomic E-state index is -0.936. The van der Waals surface area contributed by atoms with Crippen molar-refractivity contribution >= 4 is 23.4 Å². The maximum Gasteiger partial charge on any atom is 0.323 e. The van der Waals surface area contributed by atoms with Gasteiger partial charge < -0.3 is 10.0 Å².